The molecule has 0 spiro atoms. The highest BCUT2D eigenvalue weighted by atomic mass is 79.9. The van der Waals surface area contributed by atoms with Crippen molar-refractivity contribution in [2.24, 2.45) is 0 Å². The van der Waals surface area contributed by atoms with Crippen LogP contribution in [0.2, 0.25) is 0 Å². The second-order valence-corrected chi connectivity index (χ2v) is 3.53. The van der Waals surface area contributed by atoms with Gasteiger partial charge in [-0.2, -0.15) is 4.98 Å². The standard InChI is InChI=1S/C8H4BrF2N3O/c9-3-1-2-4(10)5(6(3)11)7-13-8(12)15-14-7/h1-2H,(H2,12,13,14). The van der Waals surface area contributed by atoms with Gasteiger partial charge in [-0.1, -0.05) is 5.16 Å². The SMILES string of the molecule is Nc1nc(-c2c(F)ccc(Br)c2F)no1. The average molecular weight is 276 g/mol. The van der Waals surface area contributed by atoms with Crippen molar-refractivity contribution in [2.75, 3.05) is 5.73 Å². The molecule has 0 unspecified atom stereocenters. The fourth-order valence-corrected chi connectivity index (χ4v) is 1.40. The number of halogens is 3. The van der Waals surface area contributed by atoms with E-state index in [2.05, 4.69) is 30.6 Å². The molecule has 78 valence electrons. The van der Waals surface area contributed by atoms with Crippen LogP contribution < -0.4 is 5.73 Å². The van der Waals surface area contributed by atoms with E-state index in [0.717, 1.165) is 6.07 Å². The summed E-state index contributed by atoms with van der Waals surface area (Å²) in [4.78, 5) is 3.54. The Bertz CT molecular complexity index is 515. The third kappa shape index (κ3) is 1.70. The number of nitrogens with zero attached hydrogens (tertiary/aromatic N) is 2. The predicted octanol–water partition coefficient (Wildman–Crippen LogP) is 2.36. The molecule has 0 radical (unpaired) electrons. The summed E-state index contributed by atoms with van der Waals surface area (Å²) >= 11 is 2.93. The monoisotopic (exact) mass is 275 g/mol. The minimum Gasteiger partial charge on any atom is -0.351 e. The van der Waals surface area contributed by atoms with Crippen molar-refractivity contribution in [3.63, 3.8) is 0 Å². The van der Waals surface area contributed by atoms with Crippen LogP contribution in [0.25, 0.3) is 11.4 Å². The van der Waals surface area contributed by atoms with E-state index in [0.29, 0.717) is 0 Å². The van der Waals surface area contributed by atoms with Crippen LogP contribution in [-0.4, -0.2) is 10.1 Å². The minimum absolute atomic E-state index is 0.113. The molecule has 2 rings (SSSR count). The highest BCUT2D eigenvalue weighted by Crippen LogP contribution is 2.28. The van der Waals surface area contributed by atoms with Crippen molar-refractivity contribution in [3.8, 4) is 11.4 Å². The van der Waals surface area contributed by atoms with Crippen molar-refractivity contribution < 1.29 is 13.3 Å². The zero-order valence-electron chi connectivity index (χ0n) is 7.17. The molecule has 7 heteroatoms. The largest absolute Gasteiger partial charge is 0.351 e. The van der Waals surface area contributed by atoms with Crippen LogP contribution in [0.15, 0.2) is 21.1 Å². The molecule has 15 heavy (non-hydrogen) atoms. The van der Waals surface area contributed by atoms with E-state index in [1.54, 1.807) is 0 Å². The summed E-state index contributed by atoms with van der Waals surface area (Å²) in [7, 11) is 0. The van der Waals surface area contributed by atoms with Crippen LogP contribution in [0.3, 0.4) is 0 Å². The molecule has 2 aromatic rings. The van der Waals surface area contributed by atoms with Crippen LogP contribution in [0.5, 0.6) is 0 Å². The van der Waals surface area contributed by atoms with Crippen molar-refractivity contribution in [2.45, 2.75) is 0 Å². The molecule has 4 nitrogen and oxygen atoms in total. The van der Waals surface area contributed by atoms with Crippen molar-refractivity contribution in [3.05, 3.63) is 28.2 Å². The number of hydrogen-bond donors (Lipinski definition) is 1. The third-order valence-electron chi connectivity index (χ3n) is 1.71. The lowest BCUT2D eigenvalue weighted by Crippen LogP contribution is -1.93. The second-order valence-electron chi connectivity index (χ2n) is 2.67. The lowest BCUT2D eigenvalue weighted by molar-refractivity contribution is 0.435. The molecule has 0 atom stereocenters. The Hall–Kier alpha value is -1.50. The first-order valence-corrected chi connectivity index (χ1v) is 4.62. The summed E-state index contributed by atoms with van der Waals surface area (Å²) in [6.07, 6.45) is 0. The average Bonchev–Trinajstić information content (AvgIpc) is 2.59. The number of nitrogen functional groups attached to an aromatic ring is 1. The first kappa shape index (κ1) is 10.0. The molecule has 0 aliphatic heterocycles. The van der Waals surface area contributed by atoms with Gasteiger partial charge in [-0.15, -0.1) is 0 Å². The molecule has 0 aliphatic rings. The molecule has 1 heterocycles. The van der Waals surface area contributed by atoms with Gasteiger partial charge in [-0.3, -0.25) is 0 Å². The Morgan fingerprint density at radius 1 is 1.33 bits per heavy atom. The van der Waals surface area contributed by atoms with Gasteiger partial charge < -0.3 is 10.3 Å². The van der Waals surface area contributed by atoms with Gasteiger partial charge in [-0.05, 0) is 28.1 Å². The maximum absolute atomic E-state index is 13.5. The van der Waals surface area contributed by atoms with Crippen molar-refractivity contribution in [1.82, 2.24) is 10.1 Å². The Balaban J connectivity index is 2.66. The van der Waals surface area contributed by atoms with Gasteiger partial charge >= 0.3 is 6.01 Å². The van der Waals surface area contributed by atoms with Crippen LogP contribution in [0.4, 0.5) is 14.8 Å². The molecule has 0 saturated carbocycles. The molecule has 0 fully saturated rings. The summed E-state index contributed by atoms with van der Waals surface area (Å²) in [5.41, 5.74) is 4.79. The van der Waals surface area contributed by atoms with Gasteiger partial charge in [0, 0.05) is 0 Å². The van der Waals surface area contributed by atoms with Crippen molar-refractivity contribution >= 4 is 21.9 Å². The number of anilines is 1. The molecular weight excluding hydrogens is 272 g/mol. The molecule has 1 aromatic carbocycles. The maximum Gasteiger partial charge on any atom is 0.319 e. The van der Waals surface area contributed by atoms with Gasteiger partial charge in [0.1, 0.15) is 5.82 Å². The fourth-order valence-electron chi connectivity index (χ4n) is 1.07. The van der Waals surface area contributed by atoms with E-state index in [9.17, 15) is 8.78 Å². The summed E-state index contributed by atoms with van der Waals surface area (Å²) in [6, 6.07) is 2.09. The topological polar surface area (TPSA) is 64.9 Å². The van der Waals surface area contributed by atoms with Gasteiger partial charge in [0.05, 0.1) is 10.0 Å². The molecule has 2 N–H and O–H groups in total. The summed E-state index contributed by atoms with van der Waals surface area (Å²) in [5, 5.41) is 3.34. The summed E-state index contributed by atoms with van der Waals surface area (Å²) in [5.74, 6) is -1.80. The number of benzene rings is 1. The Kier molecular flexibility index (Phi) is 2.39. The van der Waals surface area contributed by atoms with Gasteiger partial charge in [-0.25, -0.2) is 8.78 Å². The first-order chi connectivity index (χ1) is 7.09. The molecule has 0 amide bonds. The van der Waals surface area contributed by atoms with E-state index < -0.39 is 11.6 Å². The number of hydrogen-bond acceptors (Lipinski definition) is 4. The second kappa shape index (κ2) is 3.58. The lowest BCUT2D eigenvalue weighted by Gasteiger charge is -2.00. The fraction of sp³-hybridized carbons (Fsp3) is 0. The summed E-state index contributed by atoms with van der Waals surface area (Å²) in [6.45, 7) is 0. The normalized spacial score (nSPS) is 10.6. The van der Waals surface area contributed by atoms with E-state index in [1.807, 2.05) is 0 Å². The smallest absolute Gasteiger partial charge is 0.319 e. The minimum atomic E-state index is -0.796. The number of aromatic nitrogens is 2. The number of nitrogens with two attached hydrogens (primary N) is 1. The molecule has 1 aromatic heterocycles. The van der Waals surface area contributed by atoms with E-state index in [-0.39, 0.29) is 21.9 Å². The van der Waals surface area contributed by atoms with Crippen LogP contribution in [-0.2, 0) is 0 Å². The van der Waals surface area contributed by atoms with Gasteiger partial charge in [0.25, 0.3) is 0 Å². The van der Waals surface area contributed by atoms with Crippen molar-refractivity contribution in [1.29, 1.82) is 0 Å². The molecular formula is C8H4BrF2N3O. The van der Waals surface area contributed by atoms with Crippen LogP contribution >= 0.6 is 15.9 Å². The Labute approximate surface area is 91.2 Å². The van der Waals surface area contributed by atoms with Crippen LogP contribution in [0, 0.1) is 11.6 Å². The Morgan fingerprint density at radius 2 is 2.07 bits per heavy atom. The van der Waals surface area contributed by atoms with E-state index in [1.165, 1.54) is 6.07 Å². The quantitative estimate of drug-likeness (QED) is 0.812. The molecule has 0 aliphatic carbocycles. The molecule has 0 bridgehead atoms. The van der Waals surface area contributed by atoms with E-state index in [4.69, 9.17) is 5.73 Å². The number of rotatable bonds is 1. The predicted molar refractivity (Wildman–Crippen MR) is 51.8 cm³/mol. The summed E-state index contributed by atoms with van der Waals surface area (Å²) < 4.78 is 31.4. The van der Waals surface area contributed by atoms with Crippen LogP contribution in [0.1, 0.15) is 0 Å². The highest BCUT2D eigenvalue weighted by molar-refractivity contribution is 9.10. The lowest BCUT2D eigenvalue weighted by atomic mass is 10.2. The first-order valence-electron chi connectivity index (χ1n) is 3.82. The maximum atomic E-state index is 13.5. The zero-order valence-corrected chi connectivity index (χ0v) is 8.75. The highest BCUT2D eigenvalue weighted by Gasteiger charge is 2.18. The Morgan fingerprint density at radius 3 is 2.67 bits per heavy atom. The molecule has 0 saturated heterocycles. The van der Waals surface area contributed by atoms with Gasteiger partial charge in [0.2, 0.25) is 5.82 Å². The van der Waals surface area contributed by atoms with Gasteiger partial charge in [0.15, 0.2) is 5.82 Å². The third-order valence-corrected chi connectivity index (χ3v) is 2.32. The zero-order chi connectivity index (χ0) is 11.0. The van der Waals surface area contributed by atoms with E-state index >= 15 is 0 Å².